The minimum atomic E-state index is 0.267. The zero-order chi connectivity index (χ0) is 35.8. The Kier molecular flexibility index (Phi) is 5.74. The summed E-state index contributed by atoms with van der Waals surface area (Å²) >= 11 is 0. The van der Waals surface area contributed by atoms with E-state index in [1.54, 1.807) is 0 Å². The smallest absolute Gasteiger partial charge is 0.162 e. The van der Waals surface area contributed by atoms with Gasteiger partial charge in [-0.05, 0) is 102 Å². The van der Waals surface area contributed by atoms with Crippen molar-refractivity contribution in [1.82, 2.24) is 14.5 Å². The fraction of sp³-hybridized carbons (Fsp3) is 0.0385. The Balaban J connectivity index is 1.15. The van der Waals surface area contributed by atoms with Gasteiger partial charge in [0.1, 0.15) is 5.82 Å². The summed E-state index contributed by atoms with van der Waals surface area (Å²) in [6.45, 7) is 0. The van der Waals surface area contributed by atoms with Crippen LogP contribution in [0.15, 0.2) is 170 Å². The first-order valence-corrected chi connectivity index (χ1v) is 19.2. The molecule has 3 heteroatoms. The van der Waals surface area contributed by atoms with E-state index >= 15 is 0 Å². The second-order valence-electron chi connectivity index (χ2n) is 15.2. The average molecular weight is 698 g/mol. The molecule has 0 saturated carbocycles. The Bertz CT molecular complexity index is 3480. The second kappa shape index (κ2) is 10.7. The number of hydrogen-bond acceptors (Lipinski definition) is 2. The molecule has 3 nitrogen and oxygen atoms in total. The van der Waals surface area contributed by atoms with Crippen LogP contribution in [0.2, 0.25) is 0 Å². The summed E-state index contributed by atoms with van der Waals surface area (Å²) in [4.78, 5) is 10.8. The van der Waals surface area contributed by atoms with E-state index in [-0.39, 0.29) is 5.92 Å². The first-order valence-electron chi connectivity index (χ1n) is 19.2. The molecule has 0 spiro atoms. The van der Waals surface area contributed by atoms with Crippen molar-refractivity contribution in [3.05, 3.63) is 187 Å². The Morgan fingerprint density at radius 3 is 2.05 bits per heavy atom. The summed E-state index contributed by atoms with van der Waals surface area (Å²) in [6.07, 6.45) is 0.987. The summed E-state index contributed by atoms with van der Waals surface area (Å²) in [5.41, 5.74) is 14.0. The Hall–Kier alpha value is -7.10. The zero-order valence-electron chi connectivity index (χ0n) is 29.8. The second-order valence-corrected chi connectivity index (χ2v) is 15.2. The Morgan fingerprint density at radius 2 is 1.15 bits per heavy atom. The van der Waals surface area contributed by atoms with Gasteiger partial charge in [-0.25, -0.2) is 9.97 Å². The molecule has 13 rings (SSSR count). The number of fused-ring (bicyclic) bond motifs is 15. The SMILES string of the molecule is c1ccc2c(c1)CC1c3c(cc4c5ccccc5n(-c5nc(-c6ccc7c(ccc8ccccc87)c6)nc6ccccc56)c4c3-2)-c2ccc3ccccc3c21. The third-order valence-electron chi connectivity index (χ3n) is 12.5. The van der Waals surface area contributed by atoms with E-state index in [4.69, 9.17) is 9.97 Å². The summed E-state index contributed by atoms with van der Waals surface area (Å²) in [6, 6.07) is 62.3. The van der Waals surface area contributed by atoms with Crippen molar-refractivity contribution in [2.75, 3.05) is 0 Å². The lowest BCUT2D eigenvalue weighted by atomic mass is 9.76. The first kappa shape index (κ1) is 29.4. The van der Waals surface area contributed by atoms with Crippen molar-refractivity contribution >= 4 is 65.0 Å². The molecule has 0 radical (unpaired) electrons. The van der Waals surface area contributed by atoms with Crippen molar-refractivity contribution in [1.29, 1.82) is 0 Å². The van der Waals surface area contributed by atoms with Gasteiger partial charge in [0.2, 0.25) is 0 Å². The molecule has 2 aliphatic rings. The maximum Gasteiger partial charge on any atom is 0.162 e. The quantitative estimate of drug-likeness (QED) is 0.168. The molecule has 0 N–H and O–H groups in total. The largest absolute Gasteiger partial charge is 0.293 e. The lowest BCUT2D eigenvalue weighted by molar-refractivity contribution is 0.822. The molecule has 2 heterocycles. The van der Waals surface area contributed by atoms with Crippen LogP contribution in [-0.4, -0.2) is 14.5 Å². The molecule has 9 aromatic carbocycles. The van der Waals surface area contributed by atoms with E-state index in [0.717, 1.165) is 40.0 Å². The molecule has 0 saturated heterocycles. The van der Waals surface area contributed by atoms with Gasteiger partial charge in [0, 0.05) is 33.2 Å². The summed E-state index contributed by atoms with van der Waals surface area (Å²) in [5, 5.41) is 11.1. The van der Waals surface area contributed by atoms with Crippen LogP contribution in [0, 0.1) is 0 Å². The third-order valence-corrected chi connectivity index (χ3v) is 12.5. The predicted octanol–water partition coefficient (Wildman–Crippen LogP) is 13.2. The van der Waals surface area contributed by atoms with E-state index in [0.29, 0.717) is 0 Å². The normalized spacial score (nSPS) is 14.3. The van der Waals surface area contributed by atoms with E-state index in [9.17, 15) is 0 Å². The van der Waals surface area contributed by atoms with E-state index in [2.05, 4.69) is 174 Å². The number of aromatic nitrogens is 3. The highest BCUT2D eigenvalue weighted by Crippen LogP contribution is 2.58. The van der Waals surface area contributed by atoms with Gasteiger partial charge in [-0.1, -0.05) is 140 Å². The number of hydrogen-bond donors (Lipinski definition) is 0. The van der Waals surface area contributed by atoms with Gasteiger partial charge in [0.05, 0.1) is 16.6 Å². The van der Waals surface area contributed by atoms with Crippen molar-refractivity contribution in [2.45, 2.75) is 12.3 Å². The van der Waals surface area contributed by atoms with Crippen molar-refractivity contribution in [3.63, 3.8) is 0 Å². The zero-order valence-corrected chi connectivity index (χ0v) is 29.8. The molecular formula is C52H31N3. The van der Waals surface area contributed by atoms with Gasteiger partial charge >= 0.3 is 0 Å². The molecule has 0 bridgehead atoms. The summed E-state index contributed by atoms with van der Waals surface area (Å²) in [7, 11) is 0. The molecule has 0 fully saturated rings. The molecule has 11 aromatic rings. The van der Waals surface area contributed by atoms with Gasteiger partial charge in [0.25, 0.3) is 0 Å². The molecule has 1 unspecified atom stereocenters. The molecule has 55 heavy (non-hydrogen) atoms. The third kappa shape index (κ3) is 3.94. The highest BCUT2D eigenvalue weighted by atomic mass is 15.1. The van der Waals surface area contributed by atoms with Crippen LogP contribution in [0.3, 0.4) is 0 Å². The van der Waals surface area contributed by atoms with Crippen LogP contribution in [0.25, 0.3) is 104 Å². The highest BCUT2D eigenvalue weighted by molar-refractivity contribution is 6.19. The summed E-state index contributed by atoms with van der Waals surface area (Å²) < 4.78 is 2.46. The fourth-order valence-corrected chi connectivity index (χ4v) is 10.1. The van der Waals surface area contributed by atoms with Crippen LogP contribution in [-0.2, 0) is 6.42 Å². The van der Waals surface area contributed by atoms with Crippen molar-refractivity contribution in [3.8, 4) is 39.5 Å². The van der Waals surface area contributed by atoms with Crippen LogP contribution in [0.1, 0.15) is 22.6 Å². The molecule has 254 valence electrons. The lowest BCUT2D eigenvalue weighted by Crippen LogP contribution is -2.12. The van der Waals surface area contributed by atoms with E-state index in [1.165, 1.54) is 87.6 Å². The Labute approximate surface area is 316 Å². The monoisotopic (exact) mass is 697 g/mol. The number of para-hydroxylation sites is 2. The van der Waals surface area contributed by atoms with E-state index < -0.39 is 0 Å². The van der Waals surface area contributed by atoms with Gasteiger partial charge in [-0.2, -0.15) is 0 Å². The van der Waals surface area contributed by atoms with Gasteiger partial charge in [0.15, 0.2) is 5.82 Å². The number of rotatable bonds is 2. The van der Waals surface area contributed by atoms with Crippen molar-refractivity contribution < 1.29 is 0 Å². The lowest BCUT2D eigenvalue weighted by Gasteiger charge is -2.27. The maximum atomic E-state index is 5.58. The molecule has 1 atom stereocenters. The van der Waals surface area contributed by atoms with Crippen LogP contribution < -0.4 is 0 Å². The van der Waals surface area contributed by atoms with Gasteiger partial charge in [-0.3, -0.25) is 4.57 Å². The molecule has 2 aromatic heterocycles. The molecule has 0 amide bonds. The summed E-state index contributed by atoms with van der Waals surface area (Å²) in [5.74, 6) is 1.90. The number of nitrogens with zero attached hydrogens (tertiary/aromatic N) is 3. The van der Waals surface area contributed by atoms with Crippen molar-refractivity contribution in [2.24, 2.45) is 0 Å². The standard InChI is InChI=1S/C52H31N3/c1-4-14-35-30(11-1)21-22-33-27-34(24-25-36(33)35)51-53-45-19-9-7-18-41(45)52(54-51)55-46-20-10-8-17-39(46)43-29-42-40-26-23-31-12-2-5-15-37(31)47(40)44-28-32-13-3-6-16-38(32)49(48(42)44)50(43)55/h1-27,29,44H,28H2. The number of benzene rings is 9. The van der Waals surface area contributed by atoms with Gasteiger partial charge < -0.3 is 0 Å². The average Bonchev–Trinajstić information content (AvgIpc) is 3.76. The fourth-order valence-electron chi connectivity index (χ4n) is 10.1. The topological polar surface area (TPSA) is 30.7 Å². The Morgan fingerprint density at radius 1 is 0.455 bits per heavy atom. The van der Waals surface area contributed by atoms with E-state index in [1.807, 2.05) is 0 Å². The molecular weight excluding hydrogens is 667 g/mol. The van der Waals surface area contributed by atoms with Crippen LogP contribution in [0.4, 0.5) is 0 Å². The molecule has 2 aliphatic carbocycles. The highest BCUT2D eigenvalue weighted by Gasteiger charge is 2.39. The first-order chi connectivity index (χ1) is 27.3. The molecule has 0 aliphatic heterocycles. The predicted molar refractivity (Wildman–Crippen MR) is 228 cm³/mol. The van der Waals surface area contributed by atoms with Gasteiger partial charge in [-0.15, -0.1) is 0 Å². The minimum absolute atomic E-state index is 0.267. The van der Waals surface area contributed by atoms with Crippen LogP contribution >= 0.6 is 0 Å². The maximum absolute atomic E-state index is 5.58. The van der Waals surface area contributed by atoms with Crippen LogP contribution in [0.5, 0.6) is 0 Å². The minimum Gasteiger partial charge on any atom is -0.293 e.